The minimum absolute atomic E-state index is 0.0239. The van der Waals surface area contributed by atoms with E-state index in [0.717, 1.165) is 5.56 Å². The maximum absolute atomic E-state index is 11.2. The largest absolute Gasteiger partial charge is 0.483 e. The second-order valence-corrected chi connectivity index (χ2v) is 3.51. The molecule has 0 aromatic heterocycles. The molecular formula is C12H17NO3. The van der Waals surface area contributed by atoms with Crippen LogP contribution >= 0.6 is 0 Å². The number of likely N-dealkylation sites (N-methyl/N-ethyl adjacent to an activating group) is 1. The van der Waals surface area contributed by atoms with Crippen LogP contribution in [0.4, 0.5) is 0 Å². The number of carbonyl (C=O) groups is 1. The first kappa shape index (κ1) is 12.5. The Kier molecular flexibility index (Phi) is 4.79. The Bertz CT molecular complexity index is 363. The van der Waals surface area contributed by atoms with Gasteiger partial charge in [0.05, 0.1) is 6.61 Å². The molecule has 0 saturated carbocycles. The second kappa shape index (κ2) is 6.12. The molecule has 0 spiro atoms. The van der Waals surface area contributed by atoms with Crippen molar-refractivity contribution in [3.8, 4) is 5.75 Å². The van der Waals surface area contributed by atoms with E-state index in [-0.39, 0.29) is 19.1 Å². The van der Waals surface area contributed by atoms with E-state index in [0.29, 0.717) is 17.9 Å². The van der Waals surface area contributed by atoms with Crippen LogP contribution in [0, 0.1) is 6.92 Å². The standard InChI is InChI=1S/C12H17NO3/c1-3-13-12(15)8-16-11-5-4-9(2)6-10(11)7-14/h4-6,14H,3,7-8H2,1-2H3,(H,13,15). The smallest absolute Gasteiger partial charge is 0.257 e. The minimum Gasteiger partial charge on any atom is -0.483 e. The first-order valence-electron chi connectivity index (χ1n) is 5.27. The normalized spacial score (nSPS) is 9.94. The summed E-state index contributed by atoms with van der Waals surface area (Å²) in [5.74, 6) is 0.395. The number of benzene rings is 1. The molecule has 0 radical (unpaired) electrons. The van der Waals surface area contributed by atoms with Gasteiger partial charge in [-0.15, -0.1) is 0 Å². The van der Waals surface area contributed by atoms with Gasteiger partial charge < -0.3 is 15.2 Å². The summed E-state index contributed by atoms with van der Waals surface area (Å²) in [5, 5.41) is 11.8. The zero-order valence-electron chi connectivity index (χ0n) is 9.62. The van der Waals surface area contributed by atoms with Crippen molar-refractivity contribution < 1.29 is 14.6 Å². The van der Waals surface area contributed by atoms with Crippen LogP contribution in [-0.2, 0) is 11.4 Å². The van der Waals surface area contributed by atoms with Gasteiger partial charge in [-0.25, -0.2) is 0 Å². The molecule has 88 valence electrons. The maximum Gasteiger partial charge on any atom is 0.257 e. The zero-order chi connectivity index (χ0) is 12.0. The molecule has 0 atom stereocenters. The van der Waals surface area contributed by atoms with Gasteiger partial charge in [0.25, 0.3) is 5.91 Å². The zero-order valence-corrected chi connectivity index (χ0v) is 9.62. The van der Waals surface area contributed by atoms with E-state index in [2.05, 4.69) is 5.32 Å². The molecule has 4 heteroatoms. The number of rotatable bonds is 5. The number of ether oxygens (including phenoxy) is 1. The summed E-state index contributed by atoms with van der Waals surface area (Å²) in [7, 11) is 0. The van der Waals surface area contributed by atoms with Gasteiger partial charge in [-0.2, -0.15) is 0 Å². The van der Waals surface area contributed by atoms with Crippen molar-refractivity contribution in [1.29, 1.82) is 0 Å². The molecule has 1 aromatic carbocycles. The van der Waals surface area contributed by atoms with E-state index in [1.807, 2.05) is 26.0 Å². The van der Waals surface area contributed by atoms with Crippen LogP contribution in [0.15, 0.2) is 18.2 Å². The molecule has 0 aliphatic heterocycles. The second-order valence-electron chi connectivity index (χ2n) is 3.51. The van der Waals surface area contributed by atoms with Crippen LogP contribution in [-0.4, -0.2) is 24.2 Å². The summed E-state index contributed by atoms with van der Waals surface area (Å²) in [6, 6.07) is 5.49. The van der Waals surface area contributed by atoms with Crippen LogP contribution in [0.1, 0.15) is 18.1 Å². The number of carbonyl (C=O) groups excluding carboxylic acids is 1. The fourth-order valence-corrected chi connectivity index (χ4v) is 1.36. The topological polar surface area (TPSA) is 58.6 Å². The number of hydrogen-bond donors (Lipinski definition) is 2. The lowest BCUT2D eigenvalue weighted by Crippen LogP contribution is -2.28. The molecule has 0 heterocycles. The van der Waals surface area contributed by atoms with E-state index in [1.165, 1.54) is 0 Å². The SMILES string of the molecule is CCNC(=O)COc1ccc(C)cc1CO. The van der Waals surface area contributed by atoms with Gasteiger partial charge in [0, 0.05) is 12.1 Å². The lowest BCUT2D eigenvalue weighted by Gasteiger charge is -2.10. The predicted octanol–water partition coefficient (Wildman–Crippen LogP) is 1.00. The molecule has 2 N–H and O–H groups in total. The number of aryl methyl sites for hydroxylation is 1. The van der Waals surface area contributed by atoms with Crippen molar-refractivity contribution in [2.24, 2.45) is 0 Å². The third-order valence-electron chi connectivity index (χ3n) is 2.12. The molecule has 0 fully saturated rings. The van der Waals surface area contributed by atoms with Crippen LogP contribution in [0.5, 0.6) is 5.75 Å². The van der Waals surface area contributed by atoms with Crippen molar-refractivity contribution in [1.82, 2.24) is 5.32 Å². The van der Waals surface area contributed by atoms with Crippen LogP contribution in [0.3, 0.4) is 0 Å². The quantitative estimate of drug-likeness (QED) is 0.783. The van der Waals surface area contributed by atoms with Gasteiger partial charge in [0.15, 0.2) is 6.61 Å². The average Bonchev–Trinajstić information content (AvgIpc) is 2.27. The first-order chi connectivity index (χ1) is 7.67. The van der Waals surface area contributed by atoms with Crippen molar-refractivity contribution in [3.05, 3.63) is 29.3 Å². The monoisotopic (exact) mass is 223 g/mol. The van der Waals surface area contributed by atoms with Crippen molar-refractivity contribution in [2.45, 2.75) is 20.5 Å². The van der Waals surface area contributed by atoms with Gasteiger partial charge >= 0.3 is 0 Å². The van der Waals surface area contributed by atoms with Gasteiger partial charge in [0.1, 0.15) is 5.75 Å². The molecule has 4 nitrogen and oxygen atoms in total. The van der Waals surface area contributed by atoms with Crippen LogP contribution in [0.2, 0.25) is 0 Å². The van der Waals surface area contributed by atoms with Crippen LogP contribution < -0.4 is 10.1 Å². The van der Waals surface area contributed by atoms with Crippen molar-refractivity contribution in [3.63, 3.8) is 0 Å². The fourth-order valence-electron chi connectivity index (χ4n) is 1.36. The Hall–Kier alpha value is -1.55. The Morgan fingerprint density at radius 3 is 2.88 bits per heavy atom. The van der Waals surface area contributed by atoms with Gasteiger partial charge in [-0.05, 0) is 19.9 Å². The lowest BCUT2D eigenvalue weighted by molar-refractivity contribution is -0.123. The van der Waals surface area contributed by atoms with E-state index in [9.17, 15) is 4.79 Å². The molecule has 0 bridgehead atoms. The highest BCUT2D eigenvalue weighted by atomic mass is 16.5. The molecule has 0 saturated heterocycles. The highest BCUT2D eigenvalue weighted by Gasteiger charge is 2.05. The third kappa shape index (κ3) is 3.55. The summed E-state index contributed by atoms with van der Waals surface area (Å²) in [4.78, 5) is 11.2. The Morgan fingerprint density at radius 2 is 2.25 bits per heavy atom. The van der Waals surface area contributed by atoms with E-state index >= 15 is 0 Å². The highest BCUT2D eigenvalue weighted by molar-refractivity contribution is 5.77. The van der Waals surface area contributed by atoms with Crippen molar-refractivity contribution in [2.75, 3.05) is 13.2 Å². The van der Waals surface area contributed by atoms with E-state index in [1.54, 1.807) is 6.07 Å². The summed E-state index contributed by atoms with van der Waals surface area (Å²) < 4.78 is 5.33. The molecule has 1 amide bonds. The lowest BCUT2D eigenvalue weighted by atomic mass is 10.1. The minimum atomic E-state index is -0.160. The fraction of sp³-hybridized carbons (Fsp3) is 0.417. The first-order valence-corrected chi connectivity index (χ1v) is 5.27. The van der Waals surface area contributed by atoms with Crippen molar-refractivity contribution >= 4 is 5.91 Å². The van der Waals surface area contributed by atoms with E-state index < -0.39 is 0 Å². The summed E-state index contributed by atoms with van der Waals surface area (Å²) in [6.07, 6.45) is 0. The molecule has 1 rings (SSSR count). The Morgan fingerprint density at radius 1 is 1.50 bits per heavy atom. The van der Waals surface area contributed by atoms with Crippen LogP contribution in [0.25, 0.3) is 0 Å². The van der Waals surface area contributed by atoms with Gasteiger partial charge in [0.2, 0.25) is 0 Å². The predicted molar refractivity (Wildman–Crippen MR) is 61.3 cm³/mol. The number of aliphatic hydroxyl groups is 1. The number of nitrogens with one attached hydrogen (secondary N) is 1. The summed E-state index contributed by atoms with van der Waals surface area (Å²) in [5.41, 5.74) is 1.75. The molecule has 1 aromatic rings. The highest BCUT2D eigenvalue weighted by Crippen LogP contribution is 2.19. The van der Waals surface area contributed by atoms with E-state index in [4.69, 9.17) is 9.84 Å². The Labute approximate surface area is 95.2 Å². The third-order valence-corrected chi connectivity index (χ3v) is 2.12. The summed E-state index contributed by atoms with van der Waals surface area (Å²) in [6.45, 7) is 4.26. The van der Waals surface area contributed by atoms with Gasteiger partial charge in [-0.1, -0.05) is 17.7 Å². The number of hydrogen-bond acceptors (Lipinski definition) is 3. The molecule has 0 unspecified atom stereocenters. The average molecular weight is 223 g/mol. The molecule has 0 aliphatic rings. The molecular weight excluding hydrogens is 206 g/mol. The Balaban J connectivity index is 2.63. The maximum atomic E-state index is 11.2. The number of amides is 1. The number of aliphatic hydroxyl groups excluding tert-OH is 1. The summed E-state index contributed by atoms with van der Waals surface area (Å²) >= 11 is 0. The van der Waals surface area contributed by atoms with Gasteiger partial charge in [-0.3, -0.25) is 4.79 Å². The molecule has 0 aliphatic carbocycles. The molecule has 16 heavy (non-hydrogen) atoms.